The molecule has 1 rings (SSSR count). The number of nitrogens with one attached hydrogen (secondary N) is 1. The highest BCUT2D eigenvalue weighted by molar-refractivity contribution is 5.75. The number of rotatable bonds is 6. The van der Waals surface area contributed by atoms with Gasteiger partial charge in [0.1, 0.15) is 6.04 Å². The first-order valence-electron chi connectivity index (χ1n) is 5.47. The van der Waals surface area contributed by atoms with Crippen molar-refractivity contribution >= 4 is 5.97 Å². The molecule has 1 aromatic heterocycles. The molecule has 1 N–H and O–H groups in total. The Kier molecular flexibility index (Phi) is 4.98. The van der Waals surface area contributed by atoms with E-state index in [4.69, 9.17) is 0 Å². The van der Waals surface area contributed by atoms with Crippen LogP contribution in [0.25, 0.3) is 0 Å². The predicted molar refractivity (Wildman–Crippen MR) is 61.1 cm³/mol. The number of ether oxygens (including phenoxy) is 1. The molecule has 1 heterocycles. The van der Waals surface area contributed by atoms with Crippen molar-refractivity contribution < 1.29 is 9.53 Å². The van der Waals surface area contributed by atoms with Crippen LogP contribution in [0.4, 0.5) is 0 Å². The molecule has 0 aliphatic rings. The van der Waals surface area contributed by atoms with Crippen LogP contribution in [0.15, 0.2) is 12.4 Å². The Labute approximate surface area is 95.8 Å². The van der Waals surface area contributed by atoms with Gasteiger partial charge in [-0.15, -0.1) is 0 Å². The molecule has 0 radical (unpaired) electrons. The summed E-state index contributed by atoms with van der Waals surface area (Å²) < 4.78 is 6.54. The van der Waals surface area contributed by atoms with Crippen molar-refractivity contribution in [3.05, 3.63) is 18.0 Å². The second-order valence-corrected chi connectivity index (χ2v) is 3.62. The largest absolute Gasteiger partial charge is 0.468 e. The van der Waals surface area contributed by atoms with Gasteiger partial charge in [-0.2, -0.15) is 5.10 Å². The molecule has 1 atom stereocenters. The number of aromatic nitrogens is 2. The fourth-order valence-electron chi connectivity index (χ4n) is 1.49. The van der Waals surface area contributed by atoms with Crippen LogP contribution in [0, 0.1) is 0 Å². The molecule has 0 bridgehead atoms. The van der Waals surface area contributed by atoms with Crippen molar-refractivity contribution in [3.8, 4) is 0 Å². The quantitative estimate of drug-likeness (QED) is 0.720. The Morgan fingerprint density at radius 1 is 1.69 bits per heavy atom. The van der Waals surface area contributed by atoms with Crippen LogP contribution < -0.4 is 5.32 Å². The van der Waals surface area contributed by atoms with E-state index in [1.54, 1.807) is 7.05 Å². The summed E-state index contributed by atoms with van der Waals surface area (Å²) in [6.07, 6.45) is 5.51. The van der Waals surface area contributed by atoms with Gasteiger partial charge in [0.25, 0.3) is 0 Å². The van der Waals surface area contributed by atoms with E-state index in [2.05, 4.69) is 22.1 Å². The third kappa shape index (κ3) is 3.34. The van der Waals surface area contributed by atoms with Gasteiger partial charge in [-0.1, -0.05) is 6.92 Å². The maximum absolute atomic E-state index is 11.3. The SMILES string of the molecule is CCc1cnn(CCC(NC)C(=O)OC)c1. The average Bonchev–Trinajstić information content (AvgIpc) is 2.77. The third-order valence-corrected chi connectivity index (χ3v) is 2.58. The van der Waals surface area contributed by atoms with E-state index in [1.807, 2.05) is 17.1 Å². The summed E-state index contributed by atoms with van der Waals surface area (Å²) in [4.78, 5) is 11.3. The molecular formula is C11H19N3O2. The molecule has 0 saturated carbocycles. The third-order valence-electron chi connectivity index (χ3n) is 2.58. The minimum absolute atomic E-state index is 0.231. The zero-order chi connectivity index (χ0) is 12.0. The molecule has 0 aromatic carbocycles. The van der Waals surface area contributed by atoms with E-state index < -0.39 is 0 Å². The smallest absolute Gasteiger partial charge is 0.322 e. The Morgan fingerprint density at radius 2 is 2.44 bits per heavy atom. The molecule has 1 aromatic rings. The molecule has 0 aliphatic heterocycles. The van der Waals surface area contributed by atoms with Crippen molar-refractivity contribution in [1.82, 2.24) is 15.1 Å². The van der Waals surface area contributed by atoms with Crippen LogP contribution in [0.1, 0.15) is 18.9 Å². The van der Waals surface area contributed by atoms with Gasteiger partial charge in [-0.3, -0.25) is 9.48 Å². The first-order valence-corrected chi connectivity index (χ1v) is 5.47. The molecule has 0 aliphatic carbocycles. The molecule has 0 saturated heterocycles. The fourth-order valence-corrected chi connectivity index (χ4v) is 1.49. The number of carbonyl (C=O) groups is 1. The van der Waals surface area contributed by atoms with Gasteiger partial charge in [-0.25, -0.2) is 0 Å². The van der Waals surface area contributed by atoms with Crippen LogP contribution in [0.3, 0.4) is 0 Å². The lowest BCUT2D eigenvalue weighted by molar-refractivity contribution is -0.143. The Morgan fingerprint density at radius 3 is 2.94 bits per heavy atom. The summed E-state index contributed by atoms with van der Waals surface area (Å²) in [5.74, 6) is -0.231. The summed E-state index contributed by atoms with van der Waals surface area (Å²) in [5, 5.41) is 7.14. The van der Waals surface area contributed by atoms with E-state index >= 15 is 0 Å². The highest BCUT2D eigenvalue weighted by Gasteiger charge is 2.16. The van der Waals surface area contributed by atoms with E-state index in [0.29, 0.717) is 13.0 Å². The van der Waals surface area contributed by atoms with Crippen LogP contribution in [-0.4, -0.2) is 35.9 Å². The van der Waals surface area contributed by atoms with Gasteiger partial charge in [-0.05, 0) is 25.5 Å². The van der Waals surface area contributed by atoms with Crippen molar-refractivity contribution in [2.75, 3.05) is 14.2 Å². The molecule has 5 heteroatoms. The zero-order valence-corrected chi connectivity index (χ0v) is 10.1. The van der Waals surface area contributed by atoms with Crippen molar-refractivity contribution in [3.63, 3.8) is 0 Å². The molecule has 1 unspecified atom stereocenters. The highest BCUT2D eigenvalue weighted by Crippen LogP contribution is 2.02. The number of methoxy groups -OCH3 is 1. The number of nitrogens with zero attached hydrogens (tertiary/aromatic N) is 2. The summed E-state index contributed by atoms with van der Waals surface area (Å²) >= 11 is 0. The zero-order valence-electron chi connectivity index (χ0n) is 10.1. The topological polar surface area (TPSA) is 56.2 Å². The molecule has 90 valence electrons. The van der Waals surface area contributed by atoms with E-state index in [-0.39, 0.29) is 12.0 Å². The van der Waals surface area contributed by atoms with Crippen LogP contribution in [0.5, 0.6) is 0 Å². The lowest BCUT2D eigenvalue weighted by Gasteiger charge is -2.13. The van der Waals surface area contributed by atoms with Crippen LogP contribution >= 0.6 is 0 Å². The van der Waals surface area contributed by atoms with Gasteiger partial charge < -0.3 is 10.1 Å². The molecular weight excluding hydrogens is 206 g/mol. The van der Waals surface area contributed by atoms with Crippen molar-refractivity contribution in [1.29, 1.82) is 0 Å². The average molecular weight is 225 g/mol. The van der Waals surface area contributed by atoms with Crippen LogP contribution in [0.2, 0.25) is 0 Å². The molecule has 0 spiro atoms. The normalized spacial score (nSPS) is 12.4. The van der Waals surface area contributed by atoms with Crippen LogP contribution in [-0.2, 0) is 22.5 Å². The first kappa shape index (κ1) is 12.7. The second kappa shape index (κ2) is 6.27. The lowest BCUT2D eigenvalue weighted by Crippen LogP contribution is -2.35. The van der Waals surface area contributed by atoms with E-state index in [9.17, 15) is 4.79 Å². The Hall–Kier alpha value is -1.36. The summed E-state index contributed by atoms with van der Waals surface area (Å²) in [6.45, 7) is 2.80. The number of esters is 1. The standard InChI is InChI=1S/C11H19N3O2/c1-4-9-7-13-14(8-9)6-5-10(12-2)11(15)16-3/h7-8,10,12H,4-6H2,1-3H3. The first-order chi connectivity index (χ1) is 7.71. The van der Waals surface area contributed by atoms with Gasteiger partial charge >= 0.3 is 5.97 Å². The number of carbonyl (C=O) groups excluding carboxylic acids is 1. The maximum atomic E-state index is 11.3. The Bertz CT molecular complexity index is 336. The van der Waals surface area contributed by atoms with Crippen molar-refractivity contribution in [2.45, 2.75) is 32.4 Å². The molecule has 0 amide bonds. The van der Waals surface area contributed by atoms with Gasteiger partial charge in [0, 0.05) is 12.7 Å². The maximum Gasteiger partial charge on any atom is 0.322 e. The minimum Gasteiger partial charge on any atom is -0.468 e. The van der Waals surface area contributed by atoms with E-state index in [1.165, 1.54) is 12.7 Å². The molecule has 5 nitrogen and oxygen atoms in total. The monoisotopic (exact) mass is 225 g/mol. The number of aryl methyl sites for hydroxylation is 2. The van der Waals surface area contributed by atoms with Gasteiger partial charge in [0.15, 0.2) is 0 Å². The highest BCUT2D eigenvalue weighted by atomic mass is 16.5. The van der Waals surface area contributed by atoms with E-state index in [0.717, 1.165) is 6.42 Å². The van der Waals surface area contributed by atoms with Gasteiger partial charge in [0.2, 0.25) is 0 Å². The molecule has 0 fully saturated rings. The lowest BCUT2D eigenvalue weighted by atomic mass is 10.2. The fraction of sp³-hybridized carbons (Fsp3) is 0.636. The van der Waals surface area contributed by atoms with Crippen molar-refractivity contribution in [2.24, 2.45) is 0 Å². The summed E-state index contributed by atoms with van der Waals surface area (Å²) in [5.41, 5.74) is 1.21. The minimum atomic E-state index is -0.265. The number of hydrogen-bond donors (Lipinski definition) is 1. The Balaban J connectivity index is 2.46. The number of hydrogen-bond acceptors (Lipinski definition) is 4. The summed E-state index contributed by atoms with van der Waals surface area (Å²) in [6, 6.07) is -0.265. The summed E-state index contributed by atoms with van der Waals surface area (Å²) in [7, 11) is 3.15. The van der Waals surface area contributed by atoms with Gasteiger partial charge in [0.05, 0.1) is 13.3 Å². The number of likely N-dealkylation sites (N-methyl/N-ethyl adjacent to an activating group) is 1. The second-order valence-electron chi connectivity index (χ2n) is 3.62. The molecule has 16 heavy (non-hydrogen) atoms. The predicted octanol–water partition coefficient (Wildman–Crippen LogP) is 0.597.